The fourth-order valence-electron chi connectivity index (χ4n) is 3.60. The zero-order chi connectivity index (χ0) is 13.7. The molecule has 0 bridgehead atoms. The van der Waals surface area contributed by atoms with Gasteiger partial charge in [0.2, 0.25) is 0 Å². The van der Waals surface area contributed by atoms with Crippen LogP contribution >= 0.6 is 11.3 Å². The van der Waals surface area contributed by atoms with Gasteiger partial charge in [-0.25, -0.2) is 4.98 Å². The number of aryl methyl sites for hydroxylation is 1. The SMILES string of the molecule is CC(C)(C)C(N)c1nc2c(s1)CC1(CCCC1)CC2. The van der Waals surface area contributed by atoms with Gasteiger partial charge in [-0.15, -0.1) is 11.3 Å². The molecule has 106 valence electrons. The molecule has 1 atom stereocenters. The van der Waals surface area contributed by atoms with Crippen LogP contribution in [-0.2, 0) is 12.8 Å². The molecule has 3 heteroatoms. The van der Waals surface area contributed by atoms with Crippen LogP contribution in [0.4, 0.5) is 0 Å². The van der Waals surface area contributed by atoms with Crippen molar-refractivity contribution in [2.75, 3.05) is 0 Å². The van der Waals surface area contributed by atoms with Crippen molar-refractivity contribution >= 4 is 11.3 Å². The molecule has 0 aromatic carbocycles. The second kappa shape index (κ2) is 4.56. The van der Waals surface area contributed by atoms with Crippen LogP contribution in [0.25, 0.3) is 0 Å². The number of hydrogen-bond acceptors (Lipinski definition) is 3. The van der Waals surface area contributed by atoms with E-state index in [2.05, 4.69) is 20.8 Å². The maximum absolute atomic E-state index is 6.38. The predicted octanol–water partition coefficient (Wildman–Crippen LogP) is 4.24. The van der Waals surface area contributed by atoms with Gasteiger partial charge in [0.25, 0.3) is 0 Å². The molecule has 0 amide bonds. The van der Waals surface area contributed by atoms with Crippen molar-refractivity contribution in [1.29, 1.82) is 0 Å². The van der Waals surface area contributed by atoms with Crippen LogP contribution in [0.1, 0.15) is 74.5 Å². The van der Waals surface area contributed by atoms with Gasteiger partial charge in [-0.3, -0.25) is 0 Å². The Balaban J connectivity index is 1.85. The number of hydrogen-bond donors (Lipinski definition) is 1. The van der Waals surface area contributed by atoms with Gasteiger partial charge < -0.3 is 5.73 Å². The van der Waals surface area contributed by atoms with E-state index >= 15 is 0 Å². The number of thiazole rings is 1. The molecule has 0 saturated heterocycles. The molecule has 1 aromatic rings. The second-order valence-electron chi connectivity index (χ2n) is 7.65. The number of nitrogens with two attached hydrogens (primary N) is 1. The molecule has 2 aliphatic rings. The molecule has 1 aromatic heterocycles. The second-order valence-corrected chi connectivity index (χ2v) is 8.76. The van der Waals surface area contributed by atoms with Crippen molar-refractivity contribution in [1.82, 2.24) is 4.98 Å². The van der Waals surface area contributed by atoms with Gasteiger partial charge in [-0.05, 0) is 42.9 Å². The maximum atomic E-state index is 6.38. The normalized spacial score (nSPS) is 23.6. The highest BCUT2D eigenvalue weighted by molar-refractivity contribution is 7.11. The van der Waals surface area contributed by atoms with E-state index < -0.39 is 0 Å². The summed E-state index contributed by atoms with van der Waals surface area (Å²) in [5, 5.41) is 1.16. The van der Waals surface area contributed by atoms with Crippen molar-refractivity contribution in [3.63, 3.8) is 0 Å². The minimum atomic E-state index is 0.0719. The van der Waals surface area contributed by atoms with Crippen LogP contribution in [0.15, 0.2) is 0 Å². The summed E-state index contributed by atoms with van der Waals surface area (Å²) in [6.45, 7) is 6.61. The lowest BCUT2D eigenvalue weighted by Gasteiger charge is -2.32. The molecule has 1 saturated carbocycles. The number of fused-ring (bicyclic) bond motifs is 1. The van der Waals surface area contributed by atoms with Crippen LogP contribution in [0, 0.1) is 10.8 Å². The molecule has 19 heavy (non-hydrogen) atoms. The van der Waals surface area contributed by atoms with Gasteiger partial charge in [-0.1, -0.05) is 33.6 Å². The lowest BCUT2D eigenvalue weighted by molar-refractivity contribution is 0.256. The van der Waals surface area contributed by atoms with E-state index in [0.717, 1.165) is 5.01 Å². The summed E-state index contributed by atoms with van der Waals surface area (Å²) in [6.07, 6.45) is 9.55. The van der Waals surface area contributed by atoms with Crippen molar-refractivity contribution < 1.29 is 0 Å². The van der Waals surface area contributed by atoms with E-state index in [1.807, 2.05) is 11.3 Å². The van der Waals surface area contributed by atoms with Crippen molar-refractivity contribution in [3.05, 3.63) is 15.6 Å². The molecule has 2 aliphatic carbocycles. The third-order valence-corrected chi connectivity index (χ3v) is 6.27. The molecule has 1 spiro atoms. The largest absolute Gasteiger partial charge is 0.322 e. The molecule has 1 fully saturated rings. The van der Waals surface area contributed by atoms with Crippen LogP contribution < -0.4 is 5.73 Å². The molecule has 2 N–H and O–H groups in total. The predicted molar refractivity (Wildman–Crippen MR) is 81.4 cm³/mol. The summed E-state index contributed by atoms with van der Waals surface area (Å²) in [6, 6.07) is 0.0719. The topological polar surface area (TPSA) is 38.9 Å². The van der Waals surface area contributed by atoms with Gasteiger partial charge in [0.05, 0.1) is 11.7 Å². The molecule has 1 unspecified atom stereocenters. The molecule has 2 nitrogen and oxygen atoms in total. The third-order valence-electron chi connectivity index (χ3n) is 5.09. The van der Waals surface area contributed by atoms with Crippen molar-refractivity contribution in [3.8, 4) is 0 Å². The first-order chi connectivity index (χ1) is 8.90. The summed E-state index contributed by atoms with van der Waals surface area (Å²) < 4.78 is 0. The molecule has 0 radical (unpaired) electrons. The lowest BCUT2D eigenvalue weighted by atomic mass is 9.74. The van der Waals surface area contributed by atoms with Gasteiger partial charge in [-0.2, -0.15) is 0 Å². The van der Waals surface area contributed by atoms with Crippen molar-refractivity contribution in [2.45, 2.75) is 71.8 Å². The first-order valence-corrected chi connectivity index (χ1v) is 8.45. The number of rotatable bonds is 1. The standard InChI is InChI=1S/C16H26N2S/c1-15(2,3)13(17)14-18-11-6-9-16(7-4-5-8-16)10-12(11)19-14/h13H,4-10,17H2,1-3H3. The van der Waals surface area contributed by atoms with E-state index in [1.165, 1.54) is 50.6 Å². The Labute approximate surface area is 120 Å². The zero-order valence-electron chi connectivity index (χ0n) is 12.5. The van der Waals surface area contributed by atoms with E-state index in [1.54, 1.807) is 4.88 Å². The summed E-state index contributed by atoms with van der Waals surface area (Å²) in [4.78, 5) is 6.41. The highest BCUT2D eigenvalue weighted by Crippen LogP contribution is 2.49. The first kappa shape index (κ1) is 13.6. The quantitative estimate of drug-likeness (QED) is 0.834. The monoisotopic (exact) mass is 278 g/mol. The summed E-state index contributed by atoms with van der Waals surface area (Å²) >= 11 is 1.89. The Morgan fingerprint density at radius 1 is 1.21 bits per heavy atom. The molecular formula is C16H26N2S. The van der Waals surface area contributed by atoms with Crippen LogP contribution in [0.5, 0.6) is 0 Å². The Kier molecular flexibility index (Phi) is 3.25. The van der Waals surface area contributed by atoms with Gasteiger partial charge >= 0.3 is 0 Å². The Bertz CT molecular complexity index is 464. The van der Waals surface area contributed by atoms with Gasteiger partial charge in [0.1, 0.15) is 5.01 Å². The van der Waals surface area contributed by atoms with Crippen LogP contribution in [0.2, 0.25) is 0 Å². The fraction of sp³-hybridized carbons (Fsp3) is 0.812. The van der Waals surface area contributed by atoms with Crippen LogP contribution in [0.3, 0.4) is 0 Å². The minimum absolute atomic E-state index is 0.0719. The van der Waals surface area contributed by atoms with Crippen LogP contribution in [-0.4, -0.2) is 4.98 Å². The van der Waals surface area contributed by atoms with Gasteiger partial charge in [0.15, 0.2) is 0 Å². The molecule has 1 heterocycles. The Morgan fingerprint density at radius 2 is 1.89 bits per heavy atom. The van der Waals surface area contributed by atoms with Crippen molar-refractivity contribution in [2.24, 2.45) is 16.6 Å². The lowest BCUT2D eigenvalue weighted by Crippen LogP contribution is -2.26. The maximum Gasteiger partial charge on any atom is 0.110 e. The number of nitrogens with zero attached hydrogens (tertiary/aromatic N) is 1. The highest BCUT2D eigenvalue weighted by atomic mass is 32.1. The minimum Gasteiger partial charge on any atom is -0.322 e. The average molecular weight is 278 g/mol. The van der Waals surface area contributed by atoms with Gasteiger partial charge in [0, 0.05) is 4.88 Å². The number of aromatic nitrogens is 1. The molecule has 3 rings (SSSR count). The van der Waals surface area contributed by atoms with E-state index in [0.29, 0.717) is 5.41 Å². The van der Waals surface area contributed by atoms with E-state index in [4.69, 9.17) is 10.7 Å². The summed E-state index contributed by atoms with van der Waals surface area (Å²) in [7, 11) is 0. The third kappa shape index (κ3) is 2.47. The Morgan fingerprint density at radius 3 is 2.53 bits per heavy atom. The zero-order valence-corrected chi connectivity index (χ0v) is 13.3. The summed E-state index contributed by atoms with van der Waals surface area (Å²) in [5.41, 5.74) is 8.47. The smallest absolute Gasteiger partial charge is 0.110 e. The molecular weight excluding hydrogens is 252 g/mol. The van der Waals surface area contributed by atoms with E-state index in [-0.39, 0.29) is 11.5 Å². The summed E-state index contributed by atoms with van der Waals surface area (Å²) in [5.74, 6) is 0. The Hall–Kier alpha value is -0.410. The average Bonchev–Trinajstić information content (AvgIpc) is 2.94. The highest BCUT2D eigenvalue weighted by Gasteiger charge is 2.39. The molecule has 0 aliphatic heterocycles. The first-order valence-electron chi connectivity index (χ1n) is 7.64. The fourth-order valence-corrected chi connectivity index (χ4v) is 5.14. The van der Waals surface area contributed by atoms with E-state index in [9.17, 15) is 0 Å².